The average Bonchev–Trinajstić information content (AvgIpc) is 2.35. The molecule has 1 saturated carbocycles. The smallest absolute Gasteiger partial charge is 0.295 e. The van der Waals surface area contributed by atoms with Crippen molar-refractivity contribution < 1.29 is 32.2 Å². The molecule has 0 aromatic rings. The summed E-state index contributed by atoms with van der Waals surface area (Å²) in [7, 11) is 0. The standard InChI is InChI=1S/C10H15F5O2/c1-3-5-4-6(7(16)17)10(14,15)9(5,13)8(2,11)12/h5-7,16-17H,3-4H2,1-2H3. The van der Waals surface area contributed by atoms with E-state index >= 15 is 0 Å². The highest BCUT2D eigenvalue weighted by Crippen LogP contribution is 2.61. The van der Waals surface area contributed by atoms with Crippen molar-refractivity contribution in [3.63, 3.8) is 0 Å². The van der Waals surface area contributed by atoms with Gasteiger partial charge in [-0.3, -0.25) is 0 Å². The van der Waals surface area contributed by atoms with Gasteiger partial charge in [-0.25, -0.2) is 22.0 Å². The fourth-order valence-corrected chi connectivity index (χ4v) is 2.57. The summed E-state index contributed by atoms with van der Waals surface area (Å²) in [4.78, 5) is 0. The van der Waals surface area contributed by atoms with Gasteiger partial charge < -0.3 is 10.2 Å². The Kier molecular flexibility index (Phi) is 3.48. The minimum absolute atomic E-state index is 0.0930. The van der Waals surface area contributed by atoms with Crippen LogP contribution in [-0.4, -0.2) is 34.0 Å². The zero-order valence-corrected chi connectivity index (χ0v) is 9.43. The third-order valence-electron chi connectivity index (χ3n) is 3.54. The highest BCUT2D eigenvalue weighted by Gasteiger charge is 2.78. The summed E-state index contributed by atoms with van der Waals surface area (Å²) in [6.07, 6.45) is -3.42. The summed E-state index contributed by atoms with van der Waals surface area (Å²) in [5.74, 6) is -12.5. The molecule has 0 heterocycles. The molecule has 102 valence electrons. The van der Waals surface area contributed by atoms with Gasteiger partial charge in [0.05, 0.1) is 5.92 Å². The van der Waals surface area contributed by atoms with Gasteiger partial charge >= 0.3 is 0 Å². The number of hydrogen-bond donors (Lipinski definition) is 2. The maximum Gasteiger partial charge on any atom is 0.295 e. The molecule has 17 heavy (non-hydrogen) atoms. The number of halogens is 5. The Bertz CT molecular complexity index is 289. The van der Waals surface area contributed by atoms with Crippen molar-refractivity contribution in [2.75, 3.05) is 0 Å². The third kappa shape index (κ3) is 1.83. The van der Waals surface area contributed by atoms with E-state index in [1.54, 1.807) is 0 Å². The predicted octanol–water partition coefficient (Wildman–Crippen LogP) is 2.34. The lowest BCUT2D eigenvalue weighted by molar-refractivity contribution is -0.268. The Morgan fingerprint density at radius 3 is 2.00 bits per heavy atom. The van der Waals surface area contributed by atoms with Gasteiger partial charge in [0.25, 0.3) is 11.8 Å². The summed E-state index contributed by atoms with van der Waals surface area (Å²) in [6.45, 7) is 1.41. The number of aliphatic hydroxyl groups excluding tert-OH is 1. The Morgan fingerprint density at radius 2 is 1.76 bits per heavy atom. The molecule has 1 rings (SSSR count). The van der Waals surface area contributed by atoms with Crippen LogP contribution in [0.1, 0.15) is 26.7 Å². The molecule has 7 heteroatoms. The summed E-state index contributed by atoms with van der Waals surface area (Å²) in [6, 6.07) is 0. The fourth-order valence-electron chi connectivity index (χ4n) is 2.57. The van der Waals surface area contributed by atoms with E-state index in [-0.39, 0.29) is 13.3 Å². The molecule has 0 bridgehead atoms. The first-order valence-electron chi connectivity index (χ1n) is 5.30. The molecule has 0 saturated heterocycles. The Hall–Kier alpha value is -0.430. The molecule has 2 nitrogen and oxygen atoms in total. The van der Waals surface area contributed by atoms with Crippen molar-refractivity contribution in [1.82, 2.24) is 0 Å². The van der Waals surface area contributed by atoms with Gasteiger partial charge in [-0.1, -0.05) is 6.92 Å². The van der Waals surface area contributed by atoms with Crippen LogP contribution < -0.4 is 0 Å². The van der Waals surface area contributed by atoms with Gasteiger partial charge in [-0.2, -0.15) is 0 Å². The van der Waals surface area contributed by atoms with Crippen LogP contribution in [0, 0.1) is 11.8 Å². The molecule has 3 atom stereocenters. The summed E-state index contributed by atoms with van der Waals surface area (Å²) < 4.78 is 67.8. The van der Waals surface area contributed by atoms with Gasteiger partial charge in [0.15, 0.2) is 6.29 Å². The SMILES string of the molecule is CCC1CC(C(O)O)C(F)(F)C1(F)C(C)(F)F. The lowest BCUT2D eigenvalue weighted by Crippen LogP contribution is -2.58. The molecule has 0 aromatic carbocycles. The first-order valence-corrected chi connectivity index (χ1v) is 5.30. The molecule has 1 aliphatic rings. The van der Waals surface area contributed by atoms with Crippen molar-refractivity contribution in [1.29, 1.82) is 0 Å². The zero-order chi connectivity index (χ0) is 13.6. The molecule has 0 amide bonds. The molecule has 2 N–H and O–H groups in total. The molecule has 1 aliphatic carbocycles. The second-order valence-corrected chi connectivity index (χ2v) is 4.58. The van der Waals surface area contributed by atoms with Crippen LogP contribution in [0.15, 0.2) is 0 Å². The summed E-state index contributed by atoms with van der Waals surface area (Å²) in [5.41, 5.74) is -4.04. The normalized spacial score (nSPS) is 37.8. The molecular formula is C10H15F5O2. The Labute approximate surface area is 95.4 Å². The lowest BCUT2D eigenvalue weighted by atomic mass is 9.83. The van der Waals surface area contributed by atoms with E-state index in [9.17, 15) is 22.0 Å². The van der Waals surface area contributed by atoms with E-state index in [2.05, 4.69) is 0 Å². The Morgan fingerprint density at radius 1 is 1.29 bits per heavy atom. The monoisotopic (exact) mass is 262 g/mol. The maximum absolute atomic E-state index is 14.2. The topological polar surface area (TPSA) is 40.5 Å². The van der Waals surface area contributed by atoms with E-state index < -0.39 is 42.1 Å². The van der Waals surface area contributed by atoms with Crippen molar-refractivity contribution in [2.24, 2.45) is 11.8 Å². The average molecular weight is 262 g/mol. The minimum atomic E-state index is -4.47. The second kappa shape index (κ2) is 4.05. The van der Waals surface area contributed by atoms with E-state index in [1.807, 2.05) is 0 Å². The van der Waals surface area contributed by atoms with Gasteiger partial charge in [-0.05, 0) is 12.8 Å². The van der Waals surface area contributed by atoms with Gasteiger partial charge in [-0.15, -0.1) is 0 Å². The number of hydrogen-bond acceptors (Lipinski definition) is 2. The fraction of sp³-hybridized carbons (Fsp3) is 1.00. The number of rotatable bonds is 3. The van der Waals surface area contributed by atoms with E-state index in [1.165, 1.54) is 6.92 Å². The number of alkyl halides is 5. The van der Waals surface area contributed by atoms with Gasteiger partial charge in [0, 0.05) is 12.8 Å². The molecule has 3 unspecified atom stereocenters. The van der Waals surface area contributed by atoms with Crippen LogP contribution in [0.25, 0.3) is 0 Å². The summed E-state index contributed by atoms with van der Waals surface area (Å²) >= 11 is 0. The van der Waals surface area contributed by atoms with Gasteiger partial charge in [0.1, 0.15) is 0 Å². The van der Waals surface area contributed by atoms with Crippen molar-refractivity contribution >= 4 is 0 Å². The van der Waals surface area contributed by atoms with E-state index in [0.717, 1.165) is 0 Å². The van der Waals surface area contributed by atoms with Crippen LogP contribution in [0.2, 0.25) is 0 Å². The van der Waals surface area contributed by atoms with E-state index in [4.69, 9.17) is 10.2 Å². The minimum Gasteiger partial charge on any atom is -0.368 e. The quantitative estimate of drug-likeness (QED) is 0.605. The van der Waals surface area contributed by atoms with Crippen LogP contribution >= 0.6 is 0 Å². The van der Waals surface area contributed by atoms with Crippen LogP contribution in [0.5, 0.6) is 0 Å². The predicted molar refractivity (Wildman–Crippen MR) is 49.5 cm³/mol. The number of aliphatic hydroxyl groups is 2. The zero-order valence-electron chi connectivity index (χ0n) is 9.43. The molecular weight excluding hydrogens is 247 g/mol. The second-order valence-electron chi connectivity index (χ2n) is 4.58. The first-order chi connectivity index (χ1) is 7.50. The third-order valence-corrected chi connectivity index (χ3v) is 3.54. The molecule has 0 aliphatic heterocycles. The van der Waals surface area contributed by atoms with E-state index in [0.29, 0.717) is 0 Å². The van der Waals surface area contributed by atoms with Crippen molar-refractivity contribution in [2.45, 2.75) is 50.5 Å². The van der Waals surface area contributed by atoms with Crippen molar-refractivity contribution in [3.05, 3.63) is 0 Å². The molecule has 0 aromatic heterocycles. The highest BCUT2D eigenvalue weighted by atomic mass is 19.3. The molecule has 0 spiro atoms. The van der Waals surface area contributed by atoms with Gasteiger partial charge in [0.2, 0.25) is 5.67 Å². The summed E-state index contributed by atoms with van der Waals surface area (Å²) in [5, 5.41) is 17.5. The Balaban J connectivity index is 3.26. The van der Waals surface area contributed by atoms with Crippen LogP contribution in [0.3, 0.4) is 0 Å². The van der Waals surface area contributed by atoms with Crippen LogP contribution in [-0.2, 0) is 0 Å². The first kappa shape index (κ1) is 14.6. The lowest BCUT2D eigenvalue weighted by Gasteiger charge is -2.37. The molecule has 1 fully saturated rings. The maximum atomic E-state index is 14.2. The van der Waals surface area contributed by atoms with Crippen molar-refractivity contribution in [3.8, 4) is 0 Å². The highest BCUT2D eigenvalue weighted by molar-refractivity contribution is 5.14. The largest absolute Gasteiger partial charge is 0.368 e. The molecule has 0 radical (unpaired) electrons. The van der Waals surface area contributed by atoms with Crippen LogP contribution in [0.4, 0.5) is 22.0 Å².